The molecule has 0 aliphatic rings. The smallest absolute Gasteiger partial charge is 0.237 e. The first-order valence-corrected chi connectivity index (χ1v) is 9.59. The molecule has 28 heavy (non-hydrogen) atoms. The zero-order valence-electron chi connectivity index (χ0n) is 16.7. The molecular weight excluding hydrogens is 348 g/mol. The van der Waals surface area contributed by atoms with Gasteiger partial charge in [0.1, 0.15) is 0 Å². The van der Waals surface area contributed by atoms with Crippen molar-refractivity contribution in [3.63, 3.8) is 0 Å². The maximum absolute atomic E-state index is 12.5. The fourth-order valence-electron chi connectivity index (χ4n) is 3.37. The first-order chi connectivity index (χ1) is 13.4. The van der Waals surface area contributed by atoms with Crippen molar-refractivity contribution >= 4 is 5.91 Å². The minimum Gasteiger partial charge on any atom is -0.348 e. The monoisotopic (exact) mass is 376 g/mol. The van der Waals surface area contributed by atoms with Crippen molar-refractivity contribution in [3.05, 3.63) is 89.0 Å². The molecule has 0 radical (unpaired) electrons. The summed E-state index contributed by atoms with van der Waals surface area (Å²) in [6, 6.07) is 15.8. The maximum atomic E-state index is 12.5. The minimum absolute atomic E-state index is 0.0900. The van der Waals surface area contributed by atoms with E-state index in [0.29, 0.717) is 6.42 Å². The highest BCUT2D eigenvalue weighted by atomic mass is 16.2. The number of hydrogen-bond donors (Lipinski definition) is 2. The Morgan fingerprint density at radius 3 is 2.50 bits per heavy atom. The summed E-state index contributed by atoms with van der Waals surface area (Å²) in [6.45, 7) is 6.84. The molecule has 1 heterocycles. The maximum Gasteiger partial charge on any atom is 0.237 e. The molecule has 0 bridgehead atoms. The SMILES string of the molecule is Cc1cc(C)cc(C(C)NC(=O)[C@@H](N)Cc2cn(Cc3ccccc3)cn2)c1. The Labute approximate surface area is 166 Å². The molecule has 5 nitrogen and oxygen atoms in total. The zero-order valence-corrected chi connectivity index (χ0v) is 16.7. The summed E-state index contributed by atoms with van der Waals surface area (Å²) in [5.74, 6) is -0.163. The van der Waals surface area contributed by atoms with Crippen molar-refractivity contribution < 1.29 is 4.79 Å². The van der Waals surface area contributed by atoms with Crippen LogP contribution in [0.25, 0.3) is 0 Å². The topological polar surface area (TPSA) is 72.9 Å². The number of imidazole rings is 1. The lowest BCUT2D eigenvalue weighted by atomic mass is 10.0. The van der Waals surface area contributed by atoms with E-state index in [-0.39, 0.29) is 11.9 Å². The lowest BCUT2D eigenvalue weighted by molar-refractivity contribution is -0.123. The second-order valence-corrected chi connectivity index (χ2v) is 7.48. The number of carbonyl (C=O) groups excluding carboxylic acids is 1. The number of benzene rings is 2. The van der Waals surface area contributed by atoms with E-state index in [4.69, 9.17) is 5.73 Å². The van der Waals surface area contributed by atoms with Gasteiger partial charge in [0.05, 0.1) is 24.1 Å². The first kappa shape index (κ1) is 19.8. The van der Waals surface area contributed by atoms with Gasteiger partial charge in [-0.1, -0.05) is 59.7 Å². The number of rotatable bonds is 7. The third kappa shape index (κ3) is 5.30. The molecule has 3 N–H and O–H groups in total. The summed E-state index contributed by atoms with van der Waals surface area (Å²) >= 11 is 0. The first-order valence-electron chi connectivity index (χ1n) is 9.59. The van der Waals surface area contributed by atoms with Crippen molar-refractivity contribution in [2.24, 2.45) is 5.73 Å². The number of nitrogens with one attached hydrogen (secondary N) is 1. The van der Waals surface area contributed by atoms with Gasteiger partial charge in [-0.3, -0.25) is 4.79 Å². The average molecular weight is 377 g/mol. The quantitative estimate of drug-likeness (QED) is 0.664. The van der Waals surface area contributed by atoms with Crippen molar-refractivity contribution in [1.82, 2.24) is 14.9 Å². The van der Waals surface area contributed by atoms with Crippen molar-refractivity contribution in [1.29, 1.82) is 0 Å². The molecule has 1 amide bonds. The molecule has 0 aliphatic carbocycles. The molecular formula is C23H28N4O. The van der Waals surface area contributed by atoms with Crippen LogP contribution < -0.4 is 11.1 Å². The molecule has 0 fully saturated rings. The van der Waals surface area contributed by atoms with Crippen LogP contribution in [-0.4, -0.2) is 21.5 Å². The third-order valence-electron chi connectivity index (χ3n) is 4.76. The van der Waals surface area contributed by atoms with E-state index < -0.39 is 6.04 Å². The Balaban J connectivity index is 1.57. The Morgan fingerprint density at radius 1 is 1.14 bits per heavy atom. The standard InChI is InChI=1S/C23H28N4O/c1-16-9-17(2)11-20(10-16)18(3)26-23(28)22(24)12-21-14-27(15-25-21)13-19-7-5-4-6-8-19/h4-11,14-15,18,22H,12-13,24H2,1-3H3,(H,26,28)/t18?,22-/m0/s1. The predicted octanol–water partition coefficient (Wildman–Crippen LogP) is 3.30. The van der Waals surface area contributed by atoms with Crippen LogP contribution in [0.3, 0.4) is 0 Å². The molecule has 1 aromatic heterocycles. The summed E-state index contributed by atoms with van der Waals surface area (Å²) in [5, 5.41) is 3.02. The summed E-state index contributed by atoms with van der Waals surface area (Å²) in [6.07, 6.45) is 4.14. The number of carbonyl (C=O) groups is 1. The highest BCUT2D eigenvalue weighted by Gasteiger charge is 2.18. The van der Waals surface area contributed by atoms with Crippen LogP contribution in [-0.2, 0) is 17.8 Å². The summed E-state index contributed by atoms with van der Waals surface area (Å²) in [4.78, 5) is 16.9. The number of hydrogen-bond acceptors (Lipinski definition) is 3. The van der Waals surface area contributed by atoms with Crippen molar-refractivity contribution in [2.45, 2.75) is 45.8 Å². The normalized spacial score (nSPS) is 13.1. The van der Waals surface area contributed by atoms with Gasteiger partial charge < -0.3 is 15.6 Å². The van der Waals surface area contributed by atoms with Gasteiger partial charge in [0.2, 0.25) is 5.91 Å². The molecule has 3 aromatic rings. The van der Waals surface area contributed by atoms with Crippen LogP contribution in [0.1, 0.15) is 40.9 Å². The second-order valence-electron chi connectivity index (χ2n) is 7.48. The van der Waals surface area contributed by atoms with Crippen LogP contribution >= 0.6 is 0 Å². The van der Waals surface area contributed by atoms with E-state index in [2.05, 4.69) is 54.5 Å². The van der Waals surface area contributed by atoms with E-state index in [0.717, 1.165) is 17.8 Å². The molecule has 1 unspecified atom stereocenters. The van der Waals surface area contributed by atoms with Gasteiger partial charge in [-0.05, 0) is 31.9 Å². The highest BCUT2D eigenvalue weighted by molar-refractivity contribution is 5.82. The molecule has 2 atom stereocenters. The molecule has 146 valence electrons. The van der Waals surface area contributed by atoms with Gasteiger partial charge in [-0.15, -0.1) is 0 Å². The Kier molecular flexibility index (Phi) is 6.26. The lowest BCUT2D eigenvalue weighted by Crippen LogP contribution is -2.43. The van der Waals surface area contributed by atoms with Crippen LogP contribution in [0.5, 0.6) is 0 Å². The molecule has 5 heteroatoms. The summed E-state index contributed by atoms with van der Waals surface area (Å²) in [5.41, 5.74) is 11.6. The predicted molar refractivity (Wildman–Crippen MR) is 112 cm³/mol. The van der Waals surface area contributed by atoms with Gasteiger partial charge >= 0.3 is 0 Å². The van der Waals surface area contributed by atoms with Crippen LogP contribution in [0.2, 0.25) is 0 Å². The highest BCUT2D eigenvalue weighted by Crippen LogP contribution is 2.17. The molecule has 0 spiro atoms. The minimum atomic E-state index is -0.631. The van der Waals surface area contributed by atoms with Crippen LogP contribution in [0.15, 0.2) is 61.1 Å². The fourth-order valence-corrected chi connectivity index (χ4v) is 3.37. The lowest BCUT2D eigenvalue weighted by Gasteiger charge is -2.18. The second kappa shape index (κ2) is 8.85. The van der Waals surface area contributed by atoms with E-state index in [9.17, 15) is 4.79 Å². The number of aromatic nitrogens is 2. The van der Waals surface area contributed by atoms with Gasteiger partial charge in [0.15, 0.2) is 0 Å². The van der Waals surface area contributed by atoms with Gasteiger partial charge in [0.25, 0.3) is 0 Å². The fraction of sp³-hybridized carbons (Fsp3) is 0.304. The Hall–Kier alpha value is -2.92. The van der Waals surface area contributed by atoms with Gasteiger partial charge in [-0.2, -0.15) is 0 Å². The number of amides is 1. The van der Waals surface area contributed by atoms with Crippen molar-refractivity contribution in [2.75, 3.05) is 0 Å². The number of aryl methyl sites for hydroxylation is 2. The van der Waals surface area contributed by atoms with E-state index in [1.54, 1.807) is 6.33 Å². The third-order valence-corrected chi connectivity index (χ3v) is 4.76. The molecule has 0 saturated heterocycles. The molecule has 0 aliphatic heterocycles. The van der Waals surface area contributed by atoms with Crippen LogP contribution in [0.4, 0.5) is 0 Å². The van der Waals surface area contributed by atoms with Gasteiger partial charge in [0, 0.05) is 19.2 Å². The Morgan fingerprint density at radius 2 is 1.82 bits per heavy atom. The molecule has 2 aromatic carbocycles. The van der Waals surface area contributed by atoms with E-state index in [1.165, 1.54) is 16.7 Å². The molecule has 0 saturated carbocycles. The molecule has 3 rings (SSSR count). The Bertz CT molecular complexity index is 913. The largest absolute Gasteiger partial charge is 0.348 e. The number of nitrogens with two attached hydrogens (primary N) is 1. The number of nitrogens with zero attached hydrogens (tertiary/aromatic N) is 2. The average Bonchev–Trinajstić information content (AvgIpc) is 3.08. The van der Waals surface area contributed by atoms with E-state index >= 15 is 0 Å². The summed E-state index contributed by atoms with van der Waals surface area (Å²) in [7, 11) is 0. The van der Waals surface area contributed by atoms with E-state index in [1.807, 2.05) is 35.9 Å². The van der Waals surface area contributed by atoms with Crippen LogP contribution in [0, 0.1) is 13.8 Å². The van der Waals surface area contributed by atoms with Gasteiger partial charge in [-0.25, -0.2) is 4.98 Å². The zero-order chi connectivity index (χ0) is 20.1. The summed E-state index contributed by atoms with van der Waals surface area (Å²) < 4.78 is 2.01. The van der Waals surface area contributed by atoms with Crippen molar-refractivity contribution in [3.8, 4) is 0 Å².